The smallest absolute Gasteiger partial charge is 0.193 e. The minimum atomic E-state index is -0.750. The van der Waals surface area contributed by atoms with Crippen molar-refractivity contribution < 1.29 is 43.2 Å². The molecule has 0 aliphatic rings. The number of carbonyl (C=O) groups excluding carboxylic acids is 3. The first-order chi connectivity index (χ1) is 20.8. The van der Waals surface area contributed by atoms with Crippen LogP contribution in [0.4, 0.5) is 0 Å². The van der Waals surface area contributed by atoms with Gasteiger partial charge in [-0.15, -0.1) is 0 Å². The molecule has 0 aromatic heterocycles. The molecule has 0 unspecified atom stereocenters. The standard InChI is InChI=1S/C34H32O9/c1-39-29-15-9-22(18-25(29)21-35)6-12-26(36)34(27(37)13-7-23-10-16-30(40-2)32(19-23)42-4)28(38)14-8-24-11-17-31(41-3)33(20-24)43-5/h6-21,37H,1-5H3/b12-6+,13-7+,14-8+,34-27-. The number of aliphatic hydroxyl groups is 1. The number of ether oxygens (including phenoxy) is 5. The SMILES string of the molecule is COc1ccc(/C=C/C(=O)/C(C(=O)/C=C/c2ccc(OC)c(OC)c2)=C(O)\C=C\c2ccc(OC)c(OC)c2)cc1C=O. The van der Waals surface area contributed by atoms with Gasteiger partial charge in [-0.1, -0.05) is 36.4 Å². The first kappa shape index (κ1) is 32.0. The quantitative estimate of drug-likeness (QED) is 0.0614. The maximum atomic E-state index is 13.3. The lowest BCUT2D eigenvalue weighted by Gasteiger charge is -2.08. The van der Waals surface area contributed by atoms with Crippen LogP contribution in [0.5, 0.6) is 28.7 Å². The second-order valence-electron chi connectivity index (χ2n) is 8.84. The largest absolute Gasteiger partial charge is 0.507 e. The lowest BCUT2D eigenvalue weighted by atomic mass is 10.0. The van der Waals surface area contributed by atoms with Crippen molar-refractivity contribution in [2.45, 2.75) is 0 Å². The van der Waals surface area contributed by atoms with Gasteiger partial charge in [0.1, 0.15) is 17.1 Å². The highest BCUT2D eigenvalue weighted by molar-refractivity contribution is 6.29. The monoisotopic (exact) mass is 584 g/mol. The van der Waals surface area contributed by atoms with Crippen LogP contribution in [0.2, 0.25) is 0 Å². The fourth-order valence-electron chi connectivity index (χ4n) is 4.00. The van der Waals surface area contributed by atoms with Crippen molar-refractivity contribution in [2.75, 3.05) is 35.5 Å². The molecule has 0 aliphatic carbocycles. The van der Waals surface area contributed by atoms with E-state index in [1.807, 2.05) is 0 Å². The van der Waals surface area contributed by atoms with E-state index in [1.165, 1.54) is 72.0 Å². The van der Waals surface area contributed by atoms with E-state index in [2.05, 4.69) is 0 Å². The van der Waals surface area contributed by atoms with Crippen molar-refractivity contribution in [1.29, 1.82) is 0 Å². The predicted octanol–water partition coefficient (Wildman–Crippen LogP) is 5.93. The van der Waals surface area contributed by atoms with Gasteiger partial charge in [0.2, 0.25) is 0 Å². The van der Waals surface area contributed by atoms with Gasteiger partial charge in [0.05, 0.1) is 41.1 Å². The Bertz CT molecular complexity index is 1610. The minimum absolute atomic E-state index is 0.294. The molecule has 0 heterocycles. The van der Waals surface area contributed by atoms with Crippen molar-refractivity contribution in [2.24, 2.45) is 0 Å². The zero-order valence-corrected chi connectivity index (χ0v) is 24.5. The van der Waals surface area contributed by atoms with Crippen LogP contribution in [0.15, 0.2) is 84.2 Å². The number of carbonyl (C=O) groups is 3. The summed E-state index contributed by atoms with van der Waals surface area (Å²) in [6.45, 7) is 0. The van der Waals surface area contributed by atoms with Crippen molar-refractivity contribution in [3.8, 4) is 28.7 Å². The van der Waals surface area contributed by atoms with Crippen LogP contribution in [0.25, 0.3) is 18.2 Å². The molecule has 1 N–H and O–H groups in total. The molecular formula is C34H32O9. The summed E-state index contributed by atoms with van der Waals surface area (Å²) in [5.41, 5.74) is 1.58. The Morgan fingerprint density at radius 3 is 1.37 bits per heavy atom. The molecular weight excluding hydrogens is 552 g/mol. The molecule has 3 rings (SSSR count). The Kier molecular flexibility index (Phi) is 11.5. The van der Waals surface area contributed by atoms with Gasteiger partial charge in [-0.2, -0.15) is 0 Å². The second-order valence-corrected chi connectivity index (χ2v) is 8.84. The third-order valence-corrected chi connectivity index (χ3v) is 6.23. The molecule has 0 fully saturated rings. The fourth-order valence-corrected chi connectivity index (χ4v) is 4.00. The first-order valence-corrected chi connectivity index (χ1v) is 12.9. The van der Waals surface area contributed by atoms with Crippen LogP contribution in [-0.2, 0) is 9.59 Å². The molecule has 9 nitrogen and oxygen atoms in total. The molecule has 222 valence electrons. The third-order valence-electron chi connectivity index (χ3n) is 6.23. The normalized spacial score (nSPS) is 11.8. The lowest BCUT2D eigenvalue weighted by Crippen LogP contribution is -2.11. The zero-order chi connectivity index (χ0) is 31.4. The molecule has 0 bridgehead atoms. The molecule has 0 aliphatic heterocycles. The molecule has 0 atom stereocenters. The van der Waals surface area contributed by atoms with Crippen LogP contribution in [0, 0.1) is 0 Å². The fraction of sp³-hybridized carbons (Fsp3) is 0.147. The highest BCUT2D eigenvalue weighted by Gasteiger charge is 2.19. The van der Waals surface area contributed by atoms with Crippen molar-refractivity contribution >= 4 is 36.1 Å². The van der Waals surface area contributed by atoms with Gasteiger partial charge < -0.3 is 28.8 Å². The number of benzene rings is 3. The molecule has 43 heavy (non-hydrogen) atoms. The van der Waals surface area contributed by atoms with Crippen molar-refractivity contribution in [1.82, 2.24) is 0 Å². The zero-order valence-electron chi connectivity index (χ0n) is 24.5. The second kappa shape index (κ2) is 15.4. The number of rotatable bonds is 14. The van der Waals surface area contributed by atoms with E-state index in [0.29, 0.717) is 57.3 Å². The van der Waals surface area contributed by atoms with Crippen LogP contribution in [0.1, 0.15) is 27.0 Å². The maximum absolute atomic E-state index is 13.3. The number of hydrogen-bond donors (Lipinski definition) is 1. The average molecular weight is 585 g/mol. The van der Waals surface area contributed by atoms with Crippen LogP contribution >= 0.6 is 0 Å². The lowest BCUT2D eigenvalue weighted by molar-refractivity contribution is -0.117. The summed E-state index contributed by atoms with van der Waals surface area (Å²) < 4.78 is 26.3. The Hall–Kier alpha value is -5.57. The molecule has 3 aromatic carbocycles. The summed E-state index contributed by atoms with van der Waals surface area (Å²) in [7, 11) is 7.46. The van der Waals surface area contributed by atoms with E-state index in [-0.39, 0.29) is 0 Å². The number of allylic oxidation sites excluding steroid dienone is 4. The summed E-state index contributed by atoms with van der Waals surface area (Å²) in [6, 6.07) is 14.9. The van der Waals surface area contributed by atoms with Gasteiger partial charge in [0.15, 0.2) is 40.9 Å². The number of ketones is 2. The van der Waals surface area contributed by atoms with Crippen molar-refractivity contribution in [3.05, 3.63) is 106 Å². The number of aliphatic hydroxyl groups excluding tert-OH is 1. The summed E-state index contributed by atoms with van der Waals surface area (Å²) in [4.78, 5) is 38.0. The van der Waals surface area contributed by atoms with Crippen LogP contribution in [0.3, 0.4) is 0 Å². The molecule has 0 amide bonds. The van der Waals surface area contributed by atoms with Gasteiger partial charge in [0, 0.05) is 0 Å². The Labute approximate surface area is 249 Å². The van der Waals surface area contributed by atoms with Crippen LogP contribution in [-0.4, -0.2) is 58.5 Å². The summed E-state index contributed by atoms with van der Waals surface area (Å²) in [5, 5.41) is 11.0. The molecule has 3 aromatic rings. The number of methoxy groups -OCH3 is 5. The highest BCUT2D eigenvalue weighted by atomic mass is 16.5. The van der Waals surface area contributed by atoms with Gasteiger partial charge >= 0.3 is 0 Å². The highest BCUT2D eigenvalue weighted by Crippen LogP contribution is 2.29. The van der Waals surface area contributed by atoms with Gasteiger partial charge in [-0.25, -0.2) is 0 Å². The van der Waals surface area contributed by atoms with E-state index in [0.717, 1.165) is 6.08 Å². The minimum Gasteiger partial charge on any atom is -0.507 e. The number of hydrogen-bond acceptors (Lipinski definition) is 9. The van der Waals surface area contributed by atoms with Gasteiger partial charge in [-0.05, 0) is 71.3 Å². The average Bonchev–Trinajstić information content (AvgIpc) is 3.04. The third kappa shape index (κ3) is 8.23. The molecule has 0 radical (unpaired) electrons. The summed E-state index contributed by atoms with van der Waals surface area (Å²) in [6.07, 6.45) is 8.67. The Morgan fingerprint density at radius 2 is 0.953 bits per heavy atom. The number of aldehydes is 1. The first-order valence-electron chi connectivity index (χ1n) is 12.9. The van der Waals surface area contributed by atoms with Crippen LogP contribution < -0.4 is 23.7 Å². The van der Waals surface area contributed by atoms with E-state index in [1.54, 1.807) is 48.5 Å². The maximum Gasteiger partial charge on any atom is 0.193 e. The predicted molar refractivity (Wildman–Crippen MR) is 164 cm³/mol. The summed E-state index contributed by atoms with van der Waals surface area (Å²) >= 11 is 0. The Balaban J connectivity index is 2.00. The van der Waals surface area contributed by atoms with E-state index in [4.69, 9.17) is 23.7 Å². The molecule has 0 saturated heterocycles. The van der Waals surface area contributed by atoms with E-state index >= 15 is 0 Å². The van der Waals surface area contributed by atoms with E-state index < -0.39 is 22.9 Å². The topological polar surface area (TPSA) is 118 Å². The summed E-state index contributed by atoms with van der Waals surface area (Å²) in [5.74, 6) is 0.315. The molecule has 9 heteroatoms. The van der Waals surface area contributed by atoms with Gasteiger partial charge in [-0.3, -0.25) is 14.4 Å². The van der Waals surface area contributed by atoms with Gasteiger partial charge in [0.25, 0.3) is 0 Å². The van der Waals surface area contributed by atoms with Crippen molar-refractivity contribution in [3.63, 3.8) is 0 Å². The Morgan fingerprint density at radius 1 is 0.558 bits per heavy atom. The molecule has 0 spiro atoms. The van der Waals surface area contributed by atoms with E-state index in [9.17, 15) is 19.5 Å². The molecule has 0 saturated carbocycles.